The van der Waals surface area contributed by atoms with E-state index < -0.39 is 0 Å². The lowest BCUT2D eigenvalue weighted by molar-refractivity contribution is 0.104. The van der Waals surface area contributed by atoms with Crippen LogP contribution in [0, 0.1) is 5.92 Å². The number of urea groups is 1. The summed E-state index contributed by atoms with van der Waals surface area (Å²) in [6, 6.07) is 0.0955. The first-order chi connectivity index (χ1) is 6.76. The van der Waals surface area contributed by atoms with Crippen molar-refractivity contribution in [3.8, 4) is 0 Å². The summed E-state index contributed by atoms with van der Waals surface area (Å²) in [4.78, 5) is 15.7. The second kappa shape index (κ2) is 5.86. The fraction of sp³-hybridized carbons (Fsp3) is 0.900. The van der Waals surface area contributed by atoms with E-state index in [2.05, 4.69) is 22.6 Å². The van der Waals surface area contributed by atoms with Crippen LogP contribution in [0.25, 0.3) is 0 Å². The molecule has 2 atom stereocenters. The zero-order chi connectivity index (χ0) is 10.4. The minimum atomic E-state index is -0.228. The number of rotatable bonds is 3. The molecule has 0 aliphatic heterocycles. The van der Waals surface area contributed by atoms with Crippen LogP contribution < -0.4 is 10.8 Å². The van der Waals surface area contributed by atoms with E-state index in [1.165, 1.54) is 26.4 Å². The van der Waals surface area contributed by atoms with Crippen LogP contribution in [0.5, 0.6) is 0 Å². The Labute approximate surface area is 85.3 Å². The molecule has 4 heteroatoms. The van der Waals surface area contributed by atoms with Gasteiger partial charge < -0.3 is 5.32 Å². The smallest absolute Gasteiger partial charge is 0.334 e. The van der Waals surface area contributed by atoms with Crippen molar-refractivity contribution in [1.29, 1.82) is 0 Å². The molecular weight excluding hydrogens is 180 g/mol. The van der Waals surface area contributed by atoms with Crippen LogP contribution in [-0.4, -0.2) is 19.2 Å². The molecule has 4 nitrogen and oxygen atoms in total. The molecule has 14 heavy (non-hydrogen) atoms. The standard InChI is InChI=1S/C10H20N2O2/c1-3-8-5-4-6-9(7-8)11-10(13)12-14-2/h8-9H,3-7H2,1-2H3,(H2,11,12,13)/t8-,9+/m1/s1. The Balaban J connectivity index is 2.26. The highest BCUT2D eigenvalue weighted by molar-refractivity contribution is 5.72. The van der Waals surface area contributed by atoms with Gasteiger partial charge in [-0.05, 0) is 18.8 Å². The fourth-order valence-electron chi connectivity index (χ4n) is 2.10. The summed E-state index contributed by atoms with van der Waals surface area (Å²) in [5.41, 5.74) is 2.28. The van der Waals surface area contributed by atoms with Crippen LogP contribution in [-0.2, 0) is 4.84 Å². The Morgan fingerprint density at radius 3 is 2.93 bits per heavy atom. The summed E-state index contributed by atoms with van der Waals surface area (Å²) in [7, 11) is 1.44. The van der Waals surface area contributed by atoms with Crippen molar-refractivity contribution in [3.63, 3.8) is 0 Å². The minimum absolute atomic E-state index is 0.228. The second-order valence-electron chi connectivity index (χ2n) is 3.92. The highest BCUT2D eigenvalue weighted by atomic mass is 16.6. The molecule has 1 aliphatic carbocycles. The van der Waals surface area contributed by atoms with E-state index >= 15 is 0 Å². The van der Waals surface area contributed by atoms with Gasteiger partial charge in [0.1, 0.15) is 0 Å². The maximum Gasteiger partial charge on any atom is 0.338 e. The molecule has 1 saturated carbocycles. The summed E-state index contributed by atoms with van der Waals surface area (Å²) in [5.74, 6) is 0.775. The molecule has 2 amide bonds. The monoisotopic (exact) mass is 200 g/mol. The van der Waals surface area contributed by atoms with Crippen LogP contribution in [0.3, 0.4) is 0 Å². The van der Waals surface area contributed by atoms with Gasteiger partial charge in [0, 0.05) is 6.04 Å². The topological polar surface area (TPSA) is 50.4 Å². The number of amides is 2. The summed E-state index contributed by atoms with van der Waals surface area (Å²) in [6.07, 6.45) is 5.93. The van der Waals surface area contributed by atoms with Gasteiger partial charge in [-0.3, -0.25) is 4.84 Å². The lowest BCUT2D eigenvalue weighted by Gasteiger charge is -2.28. The predicted molar refractivity (Wildman–Crippen MR) is 54.7 cm³/mol. The van der Waals surface area contributed by atoms with Crippen LogP contribution >= 0.6 is 0 Å². The van der Waals surface area contributed by atoms with E-state index in [0.717, 1.165) is 18.8 Å². The number of carbonyl (C=O) groups is 1. The lowest BCUT2D eigenvalue weighted by atomic mass is 9.84. The highest BCUT2D eigenvalue weighted by Crippen LogP contribution is 2.26. The number of hydrogen-bond donors (Lipinski definition) is 2. The Kier molecular flexibility index (Phi) is 4.73. The fourth-order valence-corrected chi connectivity index (χ4v) is 2.10. The highest BCUT2D eigenvalue weighted by Gasteiger charge is 2.21. The molecule has 0 aromatic rings. The van der Waals surface area contributed by atoms with Gasteiger partial charge in [0.05, 0.1) is 7.11 Å². The predicted octanol–water partition coefficient (Wildman–Crippen LogP) is 1.82. The van der Waals surface area contributed by atoms with Gasteiger partial charge in [-0.25, -0.2) is 10.3 Å². The zero-order valence-electron chi connectivity index (χ0n) is 9.01. The number of hydrogen-bond acceptors (Lipinski definition) is 2. The molecule has 2 N–H and O–H groups in total. The van der Waals surface area contributed by atoms with Crippen LogP contribution in [0.1, 0.15) is 39.0 Å². The quantitative estimate of drug-likeness (QED) is 0.683. The van der Waals surface area contributed by atoms with Gasteiger partial charge in [0.25, 0.3) is 0 Å². The van der Waals surface area contributed by atoms with E-state index in [1.54, 1.807) is 0 Å². The van der Waals surface area contributed by atoms with E-state index in [1.807, 2.05) is 0 Å². The normalized spacial score (nSPS) is 27.0. The molecule has 1 fully saturated rings. The maximum absolute atomic E-state index is 11.2. The van der Waals surface area contributed by atoms with E-state index in [-0.39, 0.29) is 6.03 Å². The van der Waals surface area contributed by atoms with Crippen molar-refractivity contribution in [2.45, 2.75) is 45.1 Å². The van der Waals surface area contributed by atoms with E-state index in [4.69, 9.17) is 0 Å². The van der Waals surface area contributed by atoms with Crippen molar-refractivity contribution in [3.05, 3.63) is 0 Å². The molecule has 0 heterocycles. The Morgan fingerprint density at radius 2 is 2.29 bits per heavy atom. The SMILES string of the molecule is CC[C@@H]1CCC[C@H](NC(=O)NOC)C1. The summed E-state index contributed by atoms with van der Waals surface area (Å²) >= 11 is 0. The van der Waals surface area contributed by atoms with Crippen LogP contribution in [0.15, 0.2) is 0 Å². The summed E-state index contributed by atoms with van der Waals surface area (Å²) < 4.78 is 0. The third-order valence-corrected chi connectivity index (χ3v) is 2.89. The van der Waals surface area contributed by atoms with Gasteiger partial charge in [-0.1, -0.05) is 26.2 Å². The molecule has 0 aromatic heterocycles. The number of carbonyl (C=O) groups excluding carboxylic acids is 1. The first kappa shape index (κ1) is 11.3. The maximum atomic E-state index is 11.2. The summed E-state index contributed by atoms with van der Waals surface area (Å²) in [5, 5.41) is 2.91. The molecular formula is C10H20N2O2. The zero-order valence-corrected chi connectivity index (χ0v) is 9.01. The first-order valence-electron chi connectivity index (χ1n) is 5.35. The second-order valence-corrected chi connectivity index (χ2v) is 3.92. The molecule has 82 valence electrons. The lowest BCUT2D eigenvalue weighted by Crippen LogP contribution is -2.43. The van der Waals surface area contributed by atoms with Gasteiger partial charge in [0.15, 0.2) is 0 Å². The van der Waals surface area contributed by atoms with E-state index in [0.29, 0.717) is 6.04 Å². The van der Waals surface area contributed by atoms with Gasteiger partial charge in [-0.15, -0.1) is 0 Å². The van der Waals surface area contributed by atoms with Crippen molar-refractivity contribution < 1.29 is 9.63 Å². The average Bonchev–Trinajstić information content (AvgIpc) is 2.18. The van der Waals surface area contributed by atoms with E-state index in [9.17, 15) is 4.79 Å². The Bertz CT molecular complexity index is 185. The molecule has 0 aromatic carbocycles. The first-order valence-corrected chi connectivity index (χ1v) is 5.35. The van der Waals surface area contributed by atoms with Crippen LogP contribution in [0.2, 0.25) is 0 Å². The van der Waals surface area contributed by atoms with Gasteiger partial charge in [0.2, 0.25) is 0 Å². The molecule has 0 unspecified atom stereocenters. The van der Waals surface area contributed by atoms with Crippen molar-refractivity contribution in [2.75, 3.05) is 7.11 Å². The third-order valence-electron chi connectivity index (χ3n) is 2.89. The molecule has 0 radical (unpaired) electrons. The largest absolute Gasteiger partial charge is 0.338 e. The molecule has 0 saturated heterocycles. The van der Waals surface area contributed by atoms with Gasteiger partial charge >= 0.3 is 6.03 Å². The number of hydroxylamine groups is 1. The molecule has 1 rings (SSSR count). The Hall–Kier alpha value is -0.770. The average molecular weight is 200 g/mol. The van der Waals surface area contributed by atoms with Crippen LogP contribution in [0.4, 0.5) is 4.79 Å². The molecule has 1 aliphatic rings. The summed E-state index contributed by atoms with van der Waals surface area (Å²) in [6.45, 7) is 2.21. The molecule has 0 spiro atoms. The Morgan fingerprint density at radius 1 is 1.50 bits per heavy atom. The molecule has 0 bridgehead atoms. The third kappa shape index (κ3) is 3.54. The van der Waals surface area contributed by atoms with Crippen molar-refractivity contribution >= 4 is 6.03 Å². The van der Waals surface area contributed by atoms with Crippen molar-refractivity contribution in [1.82, 2.24) is 10.8 Å². The number of nitrogens with one attached hydrogen (secondary N) is 2. The van der Waals surface area contributed by atoms with Crippen molar-refractivity contribution in [2.24, 2.45) is 5.92 Å². The van der Waals surface area contributed by atoms with Gasteiger partial charge in [-0.2, -0.15) is 0 Å². The minimum Gasteiger partial charge on any atom is -0.334 e.